The van der Waals surface area contributed by atoms with E-state index in [1.165, 1.54) is 4.68 Å². The van der Waals surface area contributed by atoms with Crippen LogP contribution in [0.1, 0.15) is 53.2 Å². The second-order valence-corrected chi connectivity index (χ2v) is 8.63. The Labute approximate surface area is 188 Å². The van der Waals surface area contributed by atoms with Gasteiger partial charge in [0.05, 0.1) is 24.5 Å². The molecule has 2 atom stereocenters. The first kappa shape index (κ1) is 25.4. The van der Waals surface area contributed by atoms with Crippen molar-refractivity contribution in [1.82, 2.24) is 30.2 Å². The van der Waals surface area contributed by atoms with E-state index in [9.17, 15) is 14.0 Å². The number of hydrogen-bond acceptors (Lipinski definition) is 6. The van der Waals surface area contributed by atoms with Crippen LogP contribution in [0.15, 0.2) is 18.3 Å². The molecule has 0 radical (unpaired) electrons. The maximum Gasteiger partial charge on any atom is 0.243 e. The average molecular weight is 448 g/mol. The number of likely N-dealkylation sites (tertiary alicyclic amines) is 1. The molecule has 1 saturated heterocycles. The second-order valence-electron chi connectivity index (χ2n) is 8.63. The van der Waals surface area contributed by atoms with Crippen LogP contribution in [-0.4, -0.2) is 55.3 Å². The van der Waals surface area contributed by atoms with Crippen LogP contribution >= 0.6 is 0 Å². The number of aromatic nitrogens is 4. The number of nitrogens with zero attached hydrogens (tertiary/aromatic N) is 5. The molecule has 2 unspecified atom stereocenters. The van der Waals surface area contributed by atoms with Gasteiger partial charge in [-0.2, -0.15) is 10.2 Å². The third-order valence-corrected chi connectivity index (χ3v) is 5.34. The third-order valence-electron chi connectivity index (χ3n) is 5.34. The van der Waals surface area contributed by atoms with Gasteiger partial charge in [-0.25, -0.2) is 4.39 Å². The monoisotopic (exact) mass is 447 g/mol. The van der Waals surface area contributed by atoms with Crippen molar-refractivity contribution >= 4 is 11.8 Å². The minimum absolute atomic E-state index is 0.157. The highest BCUT2D eigenvalue weighted by atomic mass is 19.1. The number of halogens is 1. The van der Waals surface area contributed by atoms with Gasteiger partial charge in [0.2, 0.25) is 11.8 Å². The van der Waals surface area contributed by atoms with Crippen LogP contribution < -0.4 is 11.1 Å². The maximum atomic E-state index is 13.8. The molecule has 3 heterocycles. The van der Waals surface area contributed by atoms with Crippen molar-refractivity contribution in [2.24, 2.45) is 18.2 Å². The summed E-state index contributed by atoms with van der Waals surface area (Å²) in [6.07, 6.45) is 2.47. The van der Waals surface area contributed by atoms with E-state index in [0.29, 0.717) is 24.4 Å². The number of carbonyl (C=O) groups is 2. The van der Waals surface area contributed by atoms with Gasteiger partial charge in [-0.3, -0.25) is 14.3 Å². The van der Waals surface area contributed by atoms with Gasteiger partial charge in [0.15, 0.2) is 5.82 Å². The van der Waals surface area contributed by atoms with Crippen LogP contribution in [0.2, 0.25) is 0 Å². The number of rotatable bonds is 5. The first-order valence-electron chi connectivity index (χ1n) is 10.9. The molecular weight excluding hydrogens is 413 g/mol. The lowest BCUT2D eigenvalue weighted by Crippen LogP contribution is -2.54. The molecule has 2 amide bonds. The molecule has 0 aromatic carbocycles. The fourth-order valence-corrected chi connectivity index (χ4v) is 3.43. The van der Waals surface area contributed by atoms with Gasteiger partial charge in [-0.15, -0.1) is 5.10 Å². The lowest BCUT2D eigenvalue weighted by atomic mass is 9.86. The first-order valence-corrected chi connectivity index (χ1v) is 10.9. The molecule has 1 aliphatic heterocycles. The number of nitrogens with two attached hydrogens (primary N) is 1. The highest BCUT2D eigenvalue weighted by Gasteiger charge is 2.39. The van der Waals surface area contributed by atoms with Gasteiger partial charge in [-0.05, 0) is 30.4 Å². The first-order chi connectivity index (χ1) is 15.1. The van der Waals surface area contributed by atoms with Crippen molar-refractivity contribution < 1.29 is 14.0 Å². The van der Waals surface area contributed by atoms with Crippen molar-refractivity contribution in [2.75, 3.05) is 6.54 Å². The van der Waals surface area contributed by atoms with E-state index < -0.39 is 17.9 Å². The van der Waals surface area contributed by atoms with E-state index >= 15 is 0 Å². The Morgan fingerprint density at radius 1 is 1.28 bits per heavy atom. The highest BCUT2D eigenvalue weighted by molar-refractivity contribution is 5.90. The van der Waals surface area contributed by atoms with Crippen LogP contribution in [0.5, 0.6) is 0 Å². The maximum absolute atomic E-state index is 13.8. The van der Waals surface area contributed by atoms with Crippen molar-refractivity contribution in [3.63, 3.8) is 0 Å². The van der Waals surface area contributed by atoms with E-state index in [2.05, 4.69) is 20.6 Å². The molecule has 32 heavy (non-hydrogen) atoms. The van der Waals surface area contributed by atoms with E-state index in [1.807, 2.05) is 34.6 Å². The number of amides is 2. The zero-order valence-corrected chi connectivity index (χ0v) is 19.7. The van der Waals surface area contributed by atoms with E-state index in [4.69, 9.17) is 5.73 Å². The van der Waals surface area contributed by atoms with Crippen LogP contribution in [0.25, 0.3) is 11.4 Å². The summed E-state index contributed by atoms with van der Waals surface area (Å²) in [6, 6.07) is 2.09. The predicted octanol–water partition coefficient (Wildman–Crippen LogP) is 2.02. The molecule has 176 valence electrons. The number of carbonyl (C=O) groups excluding carboxylic acids is 2. The summed E-state index contributed by atoms with van der Waals surface area (Å²) in [5, 5.41) is 14.7. The third kappa shape index (κ3) is 5.67. The molecule has 10 heteroatoms. The molecule has 3 rings (SSSR count). The minimum atomic E-state index is -0.670. The highest BCUT2D eigenvalue weighted by Crippen LogP contribution is 2.24. The summed E-state index contributed by atoms with van der Waals surface area (Å²) >= 11 is 0. The molecule has 0 bridgehead atoms. The molecule has 2 aromatic rings. The quantitative estimate of drug-likeness (QED) is 0.724. The van der Waals surface area contributed by atoms with Crippen LogP contribution in [-0.2, 0) is 23.2 Å². The molecule has 3 N–H and O–H groups in total. The number of nitrogens with one attached hydrogen (secondary N) is 1. The summed E-state index contributed by atoms with van der Waals surface area (Å²) in [5.41, 5.74) is 6.84. The Morgan fingerprint density at radius 2 is 1.97 bits per heavy atom. The fraction of sp³-hybridized carbons (Fsp3) is 0.591. The summed E-state index contributed by atoms with van der Waals surface area (Å²) in [7, 11) is 1.62. The molecule has 9 nitrogen and oxygen atoms in total. The topological polar surface area (TPSA) is 119 Å². The SMILES string of the molecule is CC.Cn1ncc(F)c1-c1ccc(CNC(=O)C2CCCN2C(=O)C(N)C(C)(C)C)nn1. The minimum Gasteiger partial charge on any atom is -0.349 e. The summed E-state index contributed by atoms with van der Waals surface area (Å²) in [6.45, 7) is 10.4. The Bertz CT molecular complexity index is 902. The van der Waals surface area contributed by atoms with Gasteiger partial charge < -0.3 is 16.0 Å². The molecule has 0 spiro atoms. The van der Waals surface area contributed by atoms with Crippen molar-refractivity contribution in [3.8, 4) is 11.4 Å². The number of hydrogen-bond donors (Lipinski definition) is 2. The Kier molecular flexibility index (Phi) is 8.43. The Morgan fingerprint density at radius 3 is 2.50 bits per heavy atom. The predicted molar refractivity (Wildman–Crippen MR) is 120 cm³/mol. The van der Waals surface area contributed by atoms with Crippen molar-refractivity contribution in [3.05, 3.63) is 29.8 Å². The van der Waals surface area contributed by atoms with Gasteiger partial charge in [-0.1, -0.05) is 34.6 Å². The lowest BCUT2D eigenvalue weighted by Gasteiger charge is -2.32. The van der Waals surface area contributed by atoms with Gasteiger partial charge in [0.1, 0.15) is 17.4 Å². The molecule has 1 fully saturated rings. The largest absolute Gasteiger partial charge is 0.349 e. The van der Waals surface area contributed by atoms with E-state index in [1.54, 1.807) is 24.1 Å². The summed E-state index contributed by atoms with van der Waals surface area (Å²) in [4.78, 5) is 27.0. The lowest BCUT2D eigenvalue weighted by molar-refractivity contribution is -0.141. The molecule has 0 aliphatic carbocycles. The Hall–Kier alpha value is -2.88. The summed E-state index contributed by atoms with van der Waals surface area (Å²) in [5.74, 6) is -0.930. The fourth-order valence-electron chi connectivity index (χ4n) is 3.43. The normalized spacial score (nSPS) is 16.9. The molecule has 1 aliphatic rings. The standard InChI is InChI=1S/C20H28FN7O2.C2H6/c1-20(2,3)17(22)19(30)28-9-5-6-15(28)18(29)23-10-12-7-8-14(26-25-12)16-13(21)11-24-27(16)4;1-2/h7-8,11,15,17H,5-6,9-10,22H2,1-4H3,(H,23,29);1-2H3. The zero-order chi connectivity index (χ0) is 24.1. The van der Waals surface area contributed by atoms with E-state index in [0.717, 1.165) is 12.6 Å². The number of aryl methyl sites for hydroxylation is 1. The molecule has 2 aromatic heterocycles. The van der Waals surface area contributed by atoms with E-state index in [-0.39, 0.29) is 29.5 Å². The van der Waals surface area contributed by atoms with Crippen LogP contribution in [0.4, 0.5) is 4.39 Å². The van der Waals surface area contributed by atoms with Crippen LogP contribution in [0.3, 0.4) is 0 Å². The zero-order valence-electron chi connectivity index (χ0n) is 19.7. The van der Waals surface area contributed by atoms with Gasteiger partial charge in [0, 0.05) is 13.6 Å². The van der Waals surface area contributed by atoms with Crippen molar-refractivity contribution in [2.45, 2.75) is 66.1 Å². The molecular formula is C22H34FN7O2. The molecule has 0 saturated carbocycles. The van der Waals surface area contributed by atoms with Gasteiger partial charge >= 0.3 is 0 Å². The van der Waals surface area contributed by atoms with Crippen molar-refractivity contribution in [1.29, 1.82) is 0 Å². The second kappa shape index (κ2) is 10.6. The van der Waals surface area contributed by atoms with Crippen LogP contribution in [0, 0.1) is 11.2 Å². The Balaban J connectivity index is 0.00000176. The smallest absolute Gasteiger partial charge is 0.243 e. The average Bonchev–Trinajstić information content (AvgIpc) is 3.39. The summed E-state index contributed by atoms with van der Waals surface area (Å²) < 4.78 is 15.2. The van der Waals surface area contributed by atoms with Gasteiger partial charge in [0.25, 0.3) is 0 Å².